The quantitative estimate of drug-likeness (QED) is 0.356. The largest absolute Gasteiger partial charge is 0.492 e. The van der Waals surface area contributed by atoms with E-state index in [0.717, 1.165) is 5.69 Å². The van der Waals surface area contributed by atoms with Crippen LogP contribution in [0.25, 0.3) is 0 Å². The van der Waals surface area contributed by atoms with Gasteiger partial charge >= 0.3 is 0 Å². The molecule has 0 spiro atoms. The van der Waals surface area contributed by atoms with Crippen molar-refractivity contribution in [2.45, 2.75) is 5.16 Å². The predicted octanol–water partition coefficient (Wildman–Crippen LogP) is 1.13. The van der Waals surface area contributed by atoms with E-state index in [9.17, 15) is 5.11 Å². The minimum atomic E-state index is -0.291. The number of aromatic amines is 1. The van der Waals surface area contributed by atoms with Gasteiger partial charge in [0.1, 0.15) is 0 Å². The topological polar surface area (TPSA) is 100 Å². The number of thiol groups is 1. The van der Waals surface area contributed by atoms with Crippen molar-refractivity contribution >= 4 is 30.3 Å². The molecular weight excluding hydrogens is 226 g/mol. The highest BCUT2D eigenvalue weighted by molar-refractivity contribution is 7.80. The van der Waals surface area contributed by atoms with Gasteiger partial charge < -0.3 is 15.8 Å². The predicted molar refractivity (Wildman–Crippen MR) is 63.4 cm³/mol. The van der Waals surface area contributed by atoms with Crippen LogP contribution in [0.2, 0.25) is 0 Å². The standard InChI is InChI=1S/C9H9N5OS/c10-7-6(8(15)14-9(16)13-7)12-4-5-2-1-3-11-5/h1-4,11H,(H4,10,13,14,15,16)/b12-4+. The van der Waals surface area contributed by atoms with Crippen LogP contribution in [0.3, 0.4) is 0 Å². The monoisotopic (exact) mass is 235 g/mol. The Morgan fingerprint density at radius 1 is 1.50 bits per heavy atom. The summed E-state index contributed by atoms with van der Waals surface area (Å²) in [5, 5.41) is 9.60. The summed E-state index contributed by atoms with van der Waals surface area (Å²) in [6.45, 7) is 0. The van der Waals surface area contributed by atoms with Gasteiger partial charge in [0.15, 0.2) is 16.7 Å². The third-order valence-corrected chi connectivity index (χ3v) is 2.04. The average Bonchev–Trinajstić information content (AvgIpc) is 2.68. The lowest BCUT2D eigenvalue weighted by Crippen LogP contribution is -1.94. The number of H-pyrrole nitrogens is 1. The smallest absolute Gasteiger partial charge is 0.243 e. The molecule has 0 amide bonds. The number of aliphatic imine (C=N–C) groups is 1. The maximum atomic E-state index is 9.50. The summed E-state index contributed by atoms with van der Waals surface area (Å²) >= 11 is 3.88. The van der Waals surface area contributed by atoms with Gasteiger partial charge in [-0.25, -0.2) is 9.98 Å². The van der Waals surface area contributed by atoms with Crippen molar-refractivity contribution in [1.29, 1.82) is 0 Å². The third kappa shape index (κ3) is 2.14. The molecule has 16 heavy (non-hydrogen) atoms. The third-order valence-electron chi connectivity index (χ3n) is 1.84. The zero-order valence-corrected chi connectivity index (χ0v) is 9.02. The first-order valence-electron chi connectivity index (χ1n) is 4.39. The van der Waals surface area contributed by atoms with Crippen LogP contribution in [0.1, 0.15) is 5.69 Å². The minimum absolute atomic E-state index is 0.0836. The number of nitrogen functional groups attached to an aromatic ring is 1. The summed E-state index contributed by atoms with van der Waals surface area (Å²) < 4.78 is 0. The Kier molecular flexibility index (Phi) is 2.78. The second kappa shape index (κ2) is 4.23. The van der Waals surface area contributed by atoms with E-state index in [1.54, 1.807) is 6.20 Å². The van der Waals surface area contributed by atoms with E-state index in [1.165, 1.54) is 6.21 Å². The number of nitrogens with one attached hydrogen (secondary N) is 1. The maximum Gasteiger partial charge on any atom is 0.243 e. The molecule has 6 nitrogen and oxygen atoms in total. The molecule has 4 N–H and O–H groups in total. The van der Waals surface area contributed by atoms with Crippen molar-refractivity contribution in [3.05, 3.63) is 24.0 Å². The molecule has 82 valence electrons. The first kappa shape index (κ1) is 10.5. The van der Waals surface area contributed by atoms with Crippen molar-refractivity contribution < 1.29 is 5.11 Å². The number of anilines is 1. The first-order valence-corrected chi connectivity index (χ1v) is 4.84. The fourth-order valence-electron chi connectivity index (χ4n) is 1.13. The molecule has 0 aliphatic carbocycles. The fourth-order valence-corrected chi connectivity index (χ4v) is 1.33. The van der Waals surface area contributed by atoms with Crippen LogP contribution in [-0.4, -0.2) is 26.3 Å². The van der Waals surface area contributed by atoms with Crippen LogP contribution in [-0.2, 0) is 0 Å². The van der Waals surface area contributed by atoms with Gasteiger partial charge in [-0.15, -0.1) is 12.6 Å². The number of rotatable bonds is 2. The summed E-state index contributed by atoms with van der Waals surface area (Å²) in [5.74, 6) is -0.208. The maximum absolute atomic E-state index is 9.50. The highest BCUT2D eigenvalue weighted by Gasteiger charge is 2.08. The SMILES string of the molecule is Nc1nc(S)nc(O)c1/N=C/c1ccc[nH]1. The van der Waals surface area contributed by atoms with Gasteiger partial charge in [0.2, 0.25) is 5.88 Å². The summed E-state index contributed by atoms with van der Waals surface area (Å²) in [5.41, 5.74) is 6.50. The van der Waals surface area contributed by atoms with E-state index < -0.39 is 0 Å². The normalized spacial score (nSPS) is 11.1. The molecule has 0 saturated carbocycles. The van der Waals surface area contributed by atoms with Crippen LogP contribution in [0.5, 0.6) is 5.88 Å². The molecule has 2 aromatic heterocycles. The molecular formula is C9H9N5OS. The Morgan fingerprint density at radius 2 is 2.31 bits per heavy atom. The Morgan fingerprint density at radius 3 is 2.94 bits per heavy atom. The Bertz CT molecular complexity index is 500. The summed E-state index contributed by atoms with van der Waals surface area (Å²) in [7, 11) is 0. The number of nitrogens with zero attached hydrogens (tertiary/aromatic N) is 3. The van der Waals surface area contributed by atoms with Gasteiger partial charge in [-0.2, -0.15) is 4.98 Å². The van der Waals surface area contributed by atoms with E-state index in [-0.39, 0.29) is 22.5 Å². The zero-order chi connectivity index (χ0) is 11.5. The lowest BCUT2D eigenvalue weighted by molar-refractivity contribution is 0.448. The van der Waals surface area contributed by atoms with Crippen LogP contribution in [0.15, 0.2) is 28.5 Å². The van der Waals surface area contributed by atoms with Crippen molar-refractivity contribution in [1.82, 2.24) is 15.0 Å². The van der Waals surface area contributed by atoms with Crippen molar-refractivity contribution in [2.75, 3.05) is 5.73 Å². The molecule has 0 atom stereocenters. The molecule has 0 aliphatic rings. The fraction of sp³-hybridized carbons (Fsp3) is 0. The number of aromatic hydroxyl groups is 1. The minimum Gasteiger partial charge on any atom is -0.492 e. The van der Waals surface area contributed by atoms with Gasteiger partial charge in [0.05, 0.1) is 11.9 Å². The molecule has 2 heterocycles. The van der Waals surface area contributed by atoms with E-state index >= 15 is 0 Å². The van der Waals surface area contributed by atoms with E-state index in [2.05, 4.69) is 32.6 Å². The number of hydrogen-bond acceptors (Lipinski definition) is 6. The number of hydrogen-bond donors (Lipinski definition) is 4. The highest BCUT2D eigenvalue weighted by Crippen LogP contribution is 2.29. The first-order chi connectivity index (χ1) is 7.66. The van der Waals surface area contributed by atoms with Gasteiger partial charge in [-0.3, -0.25) is 0 Å². The van der Waals surface area contributed by atoms with Crippen LogP contribution < -0.4 is 5.73 Å². The Labute approximate surface area is 96.7 Å². The summed E-state index contributed by atoms with van der Waals surface area (Å²) in [6.07, 6.45) is 3.28. The Hall–Kier alpha value is -2.02. The molecule has 0 aliphatic heterocycles. The lowest BCUT2D eigenvalue weighted by atomic mass is 10.4. The Balaban J connectivity index is 2.35. The van der Waals surface area contributed by atoms with Crippen LogP contribution >= 0.6 is 12.6 Å². The zero-order valence-electron chi connectivity index (χ0n) is 8.12. The van der Waals surface area contributed by atoms with Crippen molar-refractivity contribution in [2.24, 2.45) is 4.99 Å². The van der Waals surface area contributed by atoms with E-state index in [0.29, 0.717) is 0 Å². The molecule has 0 fully saturated rings. The van der Waals surface area contributed by atoms with Crippen LogP contribution in [0.4, 0.5) is 11.5 Å². The van der Waals surface area contributed by atoms with Gasteiger partial charge in [-0.05, 0) is 12.1 Å². The van der Waals surface area contributed by atoms with E-state index in [1.807, 2.05) is 12.1 Å². The molecule has 0 bridgehead atoms. The van der Waals surface area contributed by atoms with Crippen molar-refractivity contribution in [3.63, 3.8) is 0 Å². The van der Waals surface area contributed by atoms with Gasteiger partial charge in [-0.1, -0.05) is 0 Å². The van der Waals surface area contributed by atoms with E-state index in [4.69, 9.17) is 5.73 Å². The van der Waals surface area contributed by atoms with Crippen LogP contribution in [0, 0.1) is 0 Å². The molecule has 0 aromatic carbocycles. The average molecular weight is 235 g/mol. The number of aromatic nitrogens is 3. The molecule has 2 aromatic rings. The molecule has 0 unspecified atom stereocenters. The second-order valence-corrected chi connectivity index (χ2v) is 3.36. The highest BCUT2D eigenvalue weighted by atomic mass is 32.1. The van der Waals surface area contributed by atoms with Gasteiger partial charge in [0, 0.05) is 6.20 Å². The molecule has 0 radical (unpaired) electrons. The summed E-state index contributed by atoms with van der Waals surface area (Å²) in [4.78, 5) is 14.3. The molecule has 2 rings (SSSR count). The molecule has 7 heteroatoms. The number of nitrogens with two attached hydrogens (primary N) is 1. The van der Waals surface area contributed by atoms with Crippen molar-refractivity contribution in [3.8, 4) is 5.88 Å². The molecule has 0 saturated heterocycles. The second-order valence-electron chi connectivity index (χ2n) is 2.96. The van der Waals surface area contributed by atoms with Gasteiger partial charge in [0.25, 0.3) is 0 Å². The lowest BCUT2D eigenvalue weighted by Gasteiger charge is -2.01. The summed E-state index contributed by atoms with van der Waals surface area (Å²) in [6, 6.07) is 3.66.